The number of halogens is 1. The molecule has 6 heteroatoms. The molecule has 0 fully saturated rings. The lowest BCUT2D eigenvalue weighted by atomic mass is 10.1. The van der Waals surface area contributed by atoms with Crippen LogP contribution in [-0.2, 0) is 31.2 Å². The molecule has 1 aromatic heterocycles. The highest BCUT2D eigenvalue weighted by Gasteiger charge is 2.25. The van der Waals surface area contributed by atoms with Gasteiger partial charge in [0.05, 0.1) is 25.0 Å². The molecule has 0 N–H and O–H groups in total. The summed E-state index contributed by atoms with van der Waals surface area (Å²) in [6.07, 6.45) is 1.97. The first kappa shape index (κ1) is 15.9. The molecule has 23 heavy (non-hydrogen) atoms. The van der Waals surface area contributed by atoms with Gasteiger partial charge in [-0.25, -0.2) is 4.98 Å². The maximum atomic E-state index is 12.5. The van der Waals surface area contributed by atoms with Crippen molar-refractivity contribution >= 4 is 17.5 Å². The highest BCUT2D eigenvalue weighted by molar-refractivity contribution is 6.28. The molecule has 122 valence electrons. The van der Waals surface area contributed by atoms with E-state index in [2.05, 4.69) is 4.98 Å². The van der Waals surface area contributed by atoms with Crippen molar-refractivity contribution in [3.8, 4) is 5.75 Å². The molecule has 2 heterocycles. The van der Waals surface area contributed by atoms with Gasteiger partial charge in [-0.3, -0.25) is 4.79 Å². The Morgan fingerprint density at radius 2 is 2.26 bits per heavy atom. The third-order valence-electron chi connectivity index (χ3n) is 4.32. The topological polar surface area (TPSA) is 47.4 Å². The maximum absolute atomic E-state index is 12.5. The van der Waals surface area contributed by atoms with Crippen LogP contribution >= 0.6 is 11.6 Å². The van der Waals surface area contributed by atoms with Gasteiger partial charge in [-0.2, -0.15) is 0 Å². The summed E-state index contributed by atoms with van der Waals surface area (Å²) in [7, 11) is 3.53. The number of aryl methyl sites for hydroxylation is 1. The van der Waals surface area contributed by atoms with Crippen LogP contribution in [0.1, 0.15) is 23.4 Å². The lowest BCUT2D eigenvalue weighted by molar-refractivity contribution is -0.132. The van der Waals surface area contributed by atoms with E-state index in [9.17, 15) is 4.79 Å². The molecule has 0 saturated heterocycles. The van der Waals surface area contributed by atoms with Crippen LogP contribution in [0.5, 0.6) is 5.75 Å². The summed E-state index contributed by atoms with van der Waals surface area (Å²) in [5.74, 6) is 0.984. The number of amides is 1. The molecule has 1 amide bonds. The standard InChI is InChI=1S/C17H20ClN3O2/c1-20-15-11-21(9-8-14(15)19-17(20)18)16(22)7-6-12-4-3-5-13(10-12)23-2/h3-5,10H,6-9,11H2,1-2H3. The number of hydrogen-bond donors (Lipinski definition) is 0. The van der Waals surface area contributed by atoms with Gasteiger partial charge in [-0.05, 0) is 35.7 Å². The minimum Gasteiger partial charge on any atom is -0.497 e. The van der Waals surface area contributed by atoms with Gasteiger partial charge in [-0.15, -0.1) is 0 Å². The fraction of sp³-hybridized carbons (Fsp3) is 0.412. The Kier molecular flexibility index (Phi) is 4.57. The average molecular weight is 334 g/mol. The summed E-state index contributed by atoms with van der Waals surface area (Å²) in [6.45, 7) is 1.29. The van der Waals surface area contributed by atoms with Crippen LogP contribution in [0.3, 0.4) is 0 Å². The SMILES string of the molecule is COc1cccc(CCC(=O)N2CCc3nc(Cl)n(C)c3C2)c1. The minimum absolute atomic E-state index is 0.163. The van der Waals surface area contributed by atoms with Crippen molar-refractivity contribution in [2.75, 3.05) is 13.7 Å². The molecule has 3 rings (SSSR count). The summed E-state index contributed by atoms with van der Waals surface area (Å²) in [6, 6.07) is 7.85. The van der Waals surface area contributed by atoms with Crippen LogP contribution in [0, 0.1) is 0 Å². The molecule has 0 spiro atoms. The van der Waals surface area contributed by atoms with Crippen LogP contribution in [0.25, 0.3) is 0 Å². The Labute approximate surface area is 140 Å². The number of nitrogens with zero attached hydrogens (tertiary/aromatic N) is 3. The molecular weight excluding hydrogens is 314 g/mol. The lowest BCUT2D eigenvalue weighted by Gasteiger charge is -2.27. The van der Waals surface area contributed by atoms with Crippen molar-refractivity contribution in [2.45, 2.75) is 25.8 Å². The normalized spacial score (nSPS) is 13.8. The summed E-state index contributed by atoms with van der Waals surface area (Å²) in [5.41, 5.74) is 3.16. The van der Waals surface area contributed by atoms with Gasteiger partial charge < -0.3 is 14.2 Å². The molecule has 1 aromatic carbocycles. The number of benzene rings is 1. The quantitative estimate of drug-likeness (QED) is 0.864. The first-order valence-corrected chi connectivity index (χ1v) is 8.07. The zero-order valence-corrected chi connectivity index (χ0v) is 14.1. The highest BCUT2D eigenvalue weighted by Crippen LogP contribution is 2.22. The largest absolute Gasteiger partial charge is 0.497 e. The van der Waals surface area contributed by atoms with Crippen LogP contribution in [-0.4, -0.2) is 34.0 Å². The first-order valence-electron chi connectivity index (χ1n) is 7.69. The van der Waals surface area contributed by atoms with Crippen LogP contribution < -0.4 is 4.74 Å². The van der Waals surface area contributed by atoms with E-state index < -0.39 is 0 Å². The third-order valence-corrected chi connectivity index (χ3v) is 4.65. The zero-order chi connectivity index (χ0) is 16.4. The Bertz CT molecular complexity index is 727. The van der Waals surface area contributed by atoms with Crippen molar-refractivity contribution in [2.24, 2.45) is 7.05 Å². The lowest BCUT2D eigenvalue weighted by Crippen LogP contribution is -2.36. The minimum atomic E-state index is 0.163. The number of carbonyl (C=O) groups is 1. The van der Waals surface area contributed by atoms with Gasteiger partial charge in [0.15, 0.2) is 0 Å². The van der Waals surface area contributed by atoms with E-state index in [0.717, 1.165) is 29.1 Å². The van der Waals surface area contributed by atoms with E-state index in [0.29, 0.717) is 31.2 Å². The van der Waals surface area contributed by atoms with E-state index in [1.165, 1.54) is 0 Å². The second-order valence-corrected chi connectivity index (χ2v) is 6.09. The molecule has 0 atom stereocenters. The second kappa shape index (κ2) is 6.62. The van der Waals surface area contributed by atoms with Crippen LogP contribution in [0.2, 0.25) is 5.28 Å². The van der Waals surface area contributed by atoms with Crippen LogP contribution in [0.4, 0.5) is 0 Å². The Hall–Kier alpha value is -2.01. The second-order valence-electron chi connectivity index (χ2n) is 5.75. The Morgan fingerprint density at radius 1 is 1.43 bits per heavy atom. The molecule has 1 aliphatic heterocycles. The predicted octanol–water partition coefficient (Wildman–Crippen LogP) is 2.60. The van der Waals surface area contributed by atoms with Crippen molar-refractivity contribution in [1.82, 2.24) is 14.5 Å². The van der Waals surface area contributed by atoms with Crippen molar-refractivity contribution < 1.29 is 9.53 Å². The maximum Gasteiger partial charge on any atom is 0.223 e. The van der Waals surface area contributed by atoms with E-state index in [4.69, 9.17) is 16.3 Å². The number of hydrogen-bond acceptors (Lipinski definition) is 3. The smallest absolute Gasteiger partial charge is 0.223 e. The van der Waals surface area contributed by atoms with Gasteiger partial charge in [0, 0.05) is 26.4 Å². The molecule has 5 nitrogen and oxygen atoms in total. The van der Waals surface area contributed by atoms with Crippen molar-refractivity contribution in [1.29, 1.82) is 0 Å². The number of carbonyl (C=O) groups excluding carboxylic acids is 1. The number of imidazole rings is 1. The number of methoxy groups -OCH3 is 1. The number of rotatable bonds is 4. The number of aromatic nitrogens is 2. The summed E-state index contributed by atoms with van der Waals surface area (Å²) in [4.78, 5) is 18.7. The van der Waals surface area contributed by atoms with E-state index in [1.807, 2.05) is 40.8 Å². The molecule has 0 aliphatic carbocycles. The van der Waals surface area contributed by atoms with Crippen molar-refractivity contribution in [3.05, 3.63) is 46.5 Å². The van der Waals surface area contributed by atoms with E-state index in [1.54, 1.807) is 7.11 Å². The summed E-state index contributed by atoms with van der Waals surface area (Å²) in [5, 5.41) is 0.487. The van der Waals surface area contributed by atoms with Crippen molar-refractivity contribution in [3.63, 3.8) is 0 Å². The summed E-state index contributed by atoms with van der Waals surface area (Å²) < 4.78 is 7.07. The third kappa shape index (κ3) is 3.34. The monoisotopic (exact) mass is 333 g/mol. The van der Waals surface area contributed by atoms with Gasteiger partial charge in [-0.1, -0.05) is 12.1 Å². The Balaban J connectivity index is 1.62. The van der Waals surface area contributed by atoms with Gasteiger partial charge in [0.25, 0.3) is 0 Å². The fourth-order valence-corrected chi connectivity index (χ4v) is 3.11. The molecular formula is C17H20ClN3O2. The highest BCUT2D eigenvalue weighted by atomic mass is 35.5. The van der Waals surface area contributed by atoms with E-state index >= 15 is 0 Å². The predicted molar refractivity (Wildman–Crippen MR) is 88.7 cm³/mol. The number of fused-ring (bicyclic) bond motifs is 1. The van der Waals surface area contributed by atoms with Gasteiger partial charge in [0.1, 0.15) is 5.75 Å². The van der Waals surface area contributed by atoms with Crippen LogP contribution in [0.15, 0.2) is 24.3 Å². The molecule has 0 saturated carbocycles. The molecule has 0 radical (unpaired) electrons. The average Bonchev–Trinajstić information content (AvgIpc) is 2.87. The molecule has 1 aliphatic rings. The summed E-state index contributed by atoms with van der Waals surface area (Å²) >= 11 is 6.05. The molecule has 2 aromatic rings. The molecule has 0 unspecified atom stereocenters. The van der Waals surface area contributed by atoms with Gasteiger partial charge >= 0.3 is 0 Å². The molecule has 0 bridgehead atoms. The first-order chi connectivity index (χ1) is 11.1. The van der Waals surface area contributed by atoms with E-state index in [-0.39, 0.29) is 5.91 Å². The number of ether oxygens (including phenoxy) is 1. The zero-order valence-electron chi connectivity index (χ0n) is 13.4. The fourth-order valence-electron chi connectivity index (χ4n) is 2.90. The van der Waals surface area contributed by atoms with Gasteiger partial charge in [0.2, 0.25) is 11.2 Å². The Morgan fingerprint density at radius 3 is 3.04 bits per heavy atom.